The van der Waals surface area contributed by atoms with E-state index in [9.17, 15) is 9.59 Å². The number of nitrogens with one attached hydrogen (secondary N) is 1. The third-order valence-electron chi connectivity index (χ3n) is 2.94. The van der Waals surface area contributed by atoms with Gasteiger partial charge in [0, 0.05) is 18.5 Å². The monoisotopic (exact) mass is 307 g/mol. The molecular weight excluding hydrogens is 286 g/mol. The molecule has 1 amide bonds. The summed E-state index contributed by atoms with van der Waals surface area (Å²) in [5.41, 5.74) is 0.0633. The number of carbonyl (C=O) groups excluding carboxylic acids is 2. The van der Waals surface area contributed by atoms with Crippen LogP contribution in [-0.4, -0.2) is 30.8 Å². The average molecular weight is 307 g/mol. The molecule has 0 fully saturated rings. The minimum absolute atomic E-state index is 0.00397. The van der Waals surface area contributed by atoms with Gasteiger partial charge in [0.2, 0.25) is 6.79 Å². The Morgan fingerprint density at radius 3 is 2.68 bits per heavy atom. The molecule has 22 heavy (non-hydrogen) atoms. The molecule has 0 atom stereocenters. The van der Waals surface area contributed by atoms with Crippen LogP contribution in [0.1, 0.15) is 44.0 Å². The van der Waals surface area contributed by atoms with Gasteiger partial charge in [0.25, 0.3) is 0 Å². The molecule has 6 heteroatoms. The number of rotatable bonds is 5. The molecule has 1 aliphatic rings. The minimum Gasteiger partial charge on any atom is -0.454 e. The van der Waals surface area contributed by atoms with Crippen molar-refractivity contribution in [2.75, 3.05) is 13.3 Å². The SMILES string of the molecule is CC(C)(C)OC(=O)NCCCC(=O)c1ccc2c(c1)OCO2. The van der Waals surface area contributed by atoms with Crippen molar-refractivity contribution in [3.05, 3.63) is 23.8 Å². The summed E-state index contributed by atoms with van der Waals surface area (Å²) in [5, 5.41) is 2.63. The van der Waals surface area contributed by atoms with Gasteiger partial charge in [-0.3, -0.25) is 4.79 Å². The van der Waals surface area contributed by atoms with E-state index in [0.717, 1.165) is 0 Å². The number of hydrogen-bond acceptors (Lipinski definition) is 5. The van der Waals surface area contributed by atoms with E-state index in [1.807, 2.05) is 0 Å². The number of ketones is 1. The van der Waals surface area contributed by atoms with Gasteiger partial charge in [-0.1, -0.05) is 0 Å². The summed E-state index contributed by atoms with van der Waals surface area (Å²) >= 11 is 0. The molecule has 1 aromatic carbocycles. The fraction of sp³-hybridized carbons (Fsp3) is 0.500. The van der Waals surface area contributed by atoms with Crippen LogP contribution >= 0.6 is 0 Å². The van der Waals surface area contributed by atoms with E-state index in [1.54, 1.807) is 39.0 Å². The average Bonchev–Trinajstić information content (AvgIpc) is 2.88. The van der Waals surface area contributed by atoms with E-state index in [1.165, 1.54) is 0 Å². The van der Waals surface area contributed by atoms with Gasteiger partial charge in [0.1, 0.15) is 5.60 Å². The zero-order valence-corrected chi connectivity index (χ0v) is 13.1. The van der Waals surface area contributed by atoms with Crippen molar-refractivity contribution in [2.24, 2.45) is 0 Å². The first-order valence-corrected chi connectivity index (χ1v) is 7.25. The molecule has 0 radical (unpaired) electrons. The number of benzene rings is 1. The molecule has 0 saturated heterocycles. The van der Waals surface area contributed by atoms with E-state index in [4.69, 9.17) is 14.2 Å². The van der Waals surface area contributed by atoms with Crippen LogP contribution in [0.2, 0.25) is 0 Å². The Hall–Kier alpha value is -2.24. The predicted octanol–water partition coefficient (Wildman–Crippen LogP) is 2.90. The molecule has 1 aromatic rings. The highest BCUT2D eigenvalue weighted by atomic mass is 16.7. The van der Waals surface area contributed by atoms with Crippen LogP contribution in [0.5, 0.6) is 11.5 Å². The molecule has 6 nitrogen and oxygen atoms in total. The highest BCUT2D eigenvalue weighted by molar-refractivity contribution is 5.96. The predicted molar refractivity (Wildman–Crippen MR) is 80.4 cm³/mol. The number of carbonyl (C=O) groups is 2. The molecule has 0 aliphatic carbocycles. The van der Waals surface area contributed by atoms with Crippen LogP contribution in [-0.2, 0) is 4.74 Å². The summed E-state index contributed by atoms with van der Waals surface area (Å²) in [6.45, 7) is 5.99. The van der Waals surface area contributed by atoms with Crippen LogP contribution in [0.15, 0.2) is 18.2 Å². The van der Waals surface area contributed by atoms with E-state index in [0.29, 0.717) is 36.4 Å². The number of fused-ring (bicyclic) bond motifs is 1. The number of hydrogen-bond donors (Lipinski definition) is 1. The Kier molecular flexibility index (Phi) is 4.90. The topological polar surface area (TPSA) is 73.9 Å². The molecule has 1 N–H and O–H groups in total. The highest BCUT2D eigenvalue weighted by Crippen LogP contribution is 2.32. The highest BCUT2D eigenvalue weighted by Gasteiger charge is 2.17. The van der Waals surface area contributed by atoms with Gasteiger partial charge in [0.15, 0.2) is 17.3 Å². The number of ether oxygens (including phenoxy) is 3. The van der Waals surface area contributed by atoms with Crippen molar-refractivity contribution in [1.82, 2.24) is 5.32 Å². The summed E-state index contributed by atoms with van der Waals surface area (Å²) in [5.74, 6) is 1.25. The van der Waals surface area contributed by atoms with Crippen LogP contribution in [0.4, 0.5) is 4.79 Å². The Labute approximate surface area is 129 Å². The van der Waals surface area contributed by atoms with Crippen molar-refractivity contribution in [2.45, 2.75) is 39.2 Å². The maximum Gasteiger partial charge on any atom is 0.407 e. The van der Waals surface area contributed by atoms with Crippen LogP contribution in [0, 0.1) is 0 Å². The molecule has 1 aliphatic heterocycles. The molecule has 0 aromatic heterocycles. The lowest BCUT2D eigenvalue weighted by Crippen LogP contribution is -2.33. The van der Waals surface area contributed by atoms with E-state index in [-0.39, 0.29) is 12.6 Å². The van der Waals surface area contributed by atoms with Gasteiger partial charge in [-0.25, -0.2) is 4.79 Å². The number of amides is 1. The van der Waals surface area contributed by atoms with Crippen molar-refractivity contribution < 1.29 is 23.8 Å². The summed E-state index contributed by atoms with van der Waals surface area (Å²) in [6, 6.07) is 5.14. The Balaban J connectivity index is 1.73. The Bertz CT molecular complexity index is 562. The van der Waals surface area contributed by atoms with Gasteiger partial charge in [-0.15, -0.1) is 0 Å². The second-order valence-corrected chi connectivity index (χ2v) is 6.02. The first-order chi connectivity index (χ1) is 10.3. The second kappa shape index (κ2) is 6.68. The normalized spacial score (nSPS) is 12.9. The van der Waals surface area contributed by atoms with Crippen molar-refractivity contribution in [1.29, 1.82) is 0 Å². The molecule has 2 rings (SSSR count). The van der Waals surface area contributed by atoms with E-state index < -0.39 is 11.7 Å². The lowest BCUT2D eigenvalue weighted by Gasteiger charge is -2.19. The smallest absolute Gasteiger partial charge is 0.407 e. The molecule has 1 heterocycles. The number of alkyl carbamates (subject to hydrolysis) is 1. The van der Waals surface area contributed by atoms with Crippen LogP contribution in [0.25, 0.3) is 0 Å². The maximum atomic E-state index is 12.1. The third-order valence-corrected chi connectivity index (χ3v) is 2.94. The second-order valence-electron chi connectivity index (χ2n) is 6.02. The van der Waals surface area contributed by atoms with E-state index >= 15 is 0 Å². The molecule has 0 bridgehead atoms. The van der Waals surface area contributed by atoms with Gasteiger partial charge in [-0.05, 0) is 45.4 Å². The van der Waals surface area contributed by atoms with Crippen molar-refractivity contribution in [3.8, 4) is 11.5 Å². The van der Waals surface area contributed by atoms with Gasteiger partial charge < -0.3 is 19.5 Å². The van der Waals surface area contributed by atoms with Crippen LogP contribution in [0.3, 0.4) is 0 Å². The first-order valence-electron chi connectivity index (χ1n) is 7.25. The first kappa shape index (κ1) is 16.1. The van der Waals surface area contributed by atoms with Crippen molar-refractivity contribution >= 4 is 11.9 Å². The standard InChI is InChI=1S/C16H21NO5/c1-16(2,3)22-15(19)17-8-4-5-12(18)11-6-7-13-14(9-11)21-10-20-13/h6-7,9H,4-5,8,10H2,1-3H3,(H,17,19). The summed E-state index contributed by atoms with van der Waals surface area (Å²) < 4.78 is 15.6. The maximum absolute atomic E-state index is 12.1. The van der Waals surface area contributed by atoms with Gasteiger partial charge in [-0.2, -0.15) is 0 Å². The molecule has 0 unspecified atom stereocenters. The van der Waals surface area contributed by atoms with E-state index in [2.05, 4.69) is 5.32 Å². The summed E-state index contributed by atoms with van der Waals surface area (Å²) in [7, 11) is 0. The molecule has 120 valence electrons. The third kappa shape index (κ3) is 4.65. The molecule has 0 spiro atoms. The summed E-state index contributed by atoms with van der Waals surface area (Å²) in [6.07, 6.45) is 0.421. The molecule has 0 saturated carbocycles. The fourth-order valence-electron chi connectivity index (χ4n) is 1.97. The summed E-state index contributed by atoms with van der Waals surface area (Å²) in [4.78, 5) is 23.5. The Morgan fingerprint density at radius 1 is 1.23 bits per heavy atom. The van der Waals surface area contributed by atoms with Gasteiger partial charge >= 0.3 is 6.09 Å². The largest absolute Gasteiger partial charge is 0.454 e. The Morgan fingerprint density at radius 2 is 1.95 bits per heavy atom. The molecular formula is C16H21NO5. The minimum atomic E-state index is -0.521. The lowest BCUT2D eigenvalue weighted by molar-refractivity contribution is 0.0525. The van der Waals surface area contributed by atoms with Crippen LogP contribution < -0.4 is 14.8 Å². The zero-order chi connectivity index (χ0) is 16.2. The fourth-order valence-corrected chi connectivity index (χ4v) is 1.97. The zero-order valence-electron chi connectivity index (χ0n) is 13.1. The number of Topliss-reactive ketones (excluding diaryl/α,β-unsaturated/α-hetero) is 1. The van der Waals surface area contributed by atoms with Gasteiger partial charge in [0.05, 0.1) is 0 Å². The van der Waals surface area contributed by atoms with Crippen molar-refractivity contribution in [3.63, 3.8) is 0 Å². The lowest BCUT2D eigenvalue weighted by atomic mass is 10.1. The quantitative estimate of drug-likeness (QED) is 0.669.